The number of hydrogen-bond donors (Lipinski definition) is 1. The number of ether oxygens (including phenoxy) is 1. The van der Waals surface area contributed by atoms with Gasteiger partial charge in [0.05, 0.1) is 6.61 Å². The first-order valence-electron chi connectivity index (χ1n) is 7.51. The highest BCUT2D eigenvalue weighted by molar-refractivity contribution is 5.34. The molecule has 20 heavy (non-hydrogen) atoms. The van der Waals surface area contributed by atoms with E-state index in [1.165, 1.54) is 5.56 Å². The van der Waals surface area contributed by atoms with Gasteiger partial charge in [0.1, 0.15) is 0 Å². The van der Waals surface area contributed by atoms with Gasteiger partial charge in [-0.05, 0) is 26.3 Å². The van der Waals surface area contributed by atoms with Crippen molar-refractivity contribution in [1.82, 2.24) is 15.3 Å². The molecule has 1 N–H and O–H groups in total. The second-order valence-corrected chi connectivity index (χ2v) is 5.51. The van der Waals surface area contributed by atoms with Crippen molar-refractivity contribution >= 4 is 5.95 Å². The Bertz CT molecular complexity index is 424. The van der Waals surface area contributed by atoms with Crippen molar-refractivity contribution in [2.24, 2.45) is 5.92 Å². The number of methoxy groups -OCH3 is 1. The maximum atomic E-state index is 5.23. The van der Waals surface area contributed by atoms with Crippen molar-refractivity contribution in [3.05, 3.63) is 17.5 Å². The standard InChI is InChI=1S/C15H26N4O/c1-4-6-16-8-14-9-17-15(18-12(14)2)19-7-5-13(10-19)11-20-3/h9,13,16H,4-8,10-11H2,1-3H3. The van der Waals surface area contributed by atoms with Crippen LogP contribution in [0.2, 0.25) is 0 Å². The van der Waals surface area contributed by atoms with Gasteiger partial charge in [-0.1, -0.05) is 6.92 Å². The number of aromatic nitrogens is 2. The highest BCUT2D eigenvalue weighted by atomic mass is 16.5. The second-order valence-electron chi connectivity index (χ2n) is 5.51. The van der Waals surface area contributed by atoms with Gasteiger partial charge in [0.25, 0.3) is 0 Å². The van der Waals surface area contributed by atoms with Gasteiger partial charge in [-0.3, -0.25) is 0 Å². The smallest absolute Gasteiger partial charge is 0.225 e. The molecule has 0 saturated carbocycles. The third-order valence-corrected chi connectivity index (χ3v) is 3.78. The molecule has 2 heterocycles. The van der Waals surface area contributed by atoms with Gasteiger partial charge >= 0.3 is 0 Å². The molecule has 2 rings (SSSR count). The lowest BCUT2D eigenvalue weighted by Crippen LogP contribution is -2.24. The first-order valence-corrected chi connectivity index (χ1v) is 7.51. The largest absolute Gasteiger partial charge is 0.384 e. The summed E-state index contributed by atoms with van der Waals surface area (Å²) in [5.74, 6) is 1.47. The Hall–Kier alpha value is -1.20. The van der Waals surface area contributed by atoms with Crippen molar-refractivity contribution < 1.29 is 4.74 Å². The van der Waals surface area contributed by atoms with Crippen LogP contribution in [-0.2, 0) is 11.3 Å². The lowest BCUT2D eigenvalue weighted by atomic mass is 10.1. The third kappa shape index (κ3) is 3.90. The molecule has 112 valence electrons. The first kappa shape index (κ1) is 15.2. The Labute approximate surface area is 121 Å². The Morgan fingerprint density at radius 1 is 1.50 bits per heavy atom. The maximum Gasteiger partial charge on any atom is 0.225 e. The quantitative estimate of drug-likeness (QED) is 0.770. The van der Waals surface area contributed by atoms with E-state index in [1.807, 2.05) is 6.20 Å². The molecule has 1 aromatic rings. The molecule has 5 nitrogen and oxygen atoms in total. The van der Waals surface area contributed by atoms with Crippen LogP contribution in [0.1, 0.15) is 31.0 Å². The maximum absolute atomic E-state index is 5.23. The number of rotatable bonds is 7. The lowest BCUT2D eigenvalue weighted by Gasteiger charge is -2.17. The summed E-state index contributed by atoms with van der Waals surface area (Å²) < 4.78 is 5.23. The average molecular weight is 278 g/mol. The van der Waals surface area contributed by atoms with Crippen molar-refractivity contribution in [3.63, 3.8) is 0 Å². The molecule has 5 heteroatoms. The van der Waals surface area contributed by atoms with Crippen molar-refractivity contribution in [2.75, 3.05) is 38.3 Å². The average Bonchev–Trinajstić information content (AvgIpc) is 2.90. The molecule has 1 fully saturated rings. The van der Waals surface area contributed by atoms with Crippen LogP contribution in [0, 0.1) is 12.8 Å². The van der Waals surface area contributed by atoms with E-state index in [-0.39, 0.29) is 0 Å². The van der Waals surface area contributed by atoms with Crippen LogP contribution in [0.4, 0.5) is 5.95 Å². The summed E-state index contributed by atoms with van der Waals surface area (Å²) in [6.45, 7) is 8.98. The fraction of sp³-hybridized carbons (Fsp3) is 0.733. The molecule has 0 radical (unpaired) electrons. The Balaban J connectivity index is 1.95. The van der Waals surface area contributed by atoms with Gasteiger partial charge in [0.15, 0.2) is 0 Å². The zero-order chi connectivity index (χ0) is 14.4. The summed E-state index contributed by atoms with van der Waals surface area (Å²) in [7, 11) is 1.77. The summed E-state index contributed by atoms with van der Waals surface area (Å²) in [5, 5.41) is 3.39. The van der Waals surface area contributed by atoms with Crippen LogP contribution in [0.15, 0.2) is 6.20 Å². The molecule has 0 amide bonds. The Kier molecular flexibility index (Phi) is 5.73. The third-order valence-electron chi connectivity index (χ3n) is 3.78. The molecule has 1 aliphatic rings. The molecule has 0 aromatic carbocycles. The summed E-state index contributed by atoms with van der Waals surface area (Å²) in [4.78, 5) is 11.5. The van der Waals surface area contributed by atoms with Gasteiger partial charge in [0.2, 0.25) is 5.95 Å². The fourth-order valence-electron chi connectivity index (χ4n) is 2.59. The summed E-state index contributed by atoms with van der Waals surface area (Å²) in [6, 6.07) is 0. The lowest BCUT2D eigenvalue weighted by molar-refractivity contribution is 0.161. The van der Waals surface area contributed by atoms with Crippen LogP contribution >= 0.6 is 0 Å². The second kappa shape index (κ2) is 7.55. The number of anilines is 1. The molecule has 1 atom stereocenters. The van der Waals surface area contributed by atoms with E-state index < -0.39 is 0 Å². The molecule has 1 unspecified atom stereocenters. The zero-order valence-electron chi connectivity index (χ0n) is 12.9. The van der Waals surface area contributed by atoms with Gasteiger partial charge in [-0.25, -0.2) is 9.97 Å². The summed E-state index contributed by atoms with van der Waals surface area (Å²) in [6.07, 6.45) is 4.27. The summed E-state index contributed by atoms with van der Waals surface area (Å²) >= 11 is 0. The topological polar surface area (TPSA) is 50.3 Å². The fourth-order valence-corrected chi connectivity index (χ4v) is 2.59. The van der Waals surface area contributed by atoms with Gasteiger partial charge in [-0.15, -0.1) is 0 Å². The summed E-state index contributed by atoms with van der Waals surface area (Å²) in [5.41, 5.74) is 2.27. The van der Waals surface area contributed by atoms with Crippen LogP contribution in [0.25, 0.3) is 0 Å². The van der Waals surface area contributed by atoms with Crippen LogP contribution in [0.5, 0.6) is 0 Å². The molecule has 1 saturated heterocycles. The molecule has 0 spiro atoms. The van der Waals surface area contributed by atoms with E-state index in [2.05, 4.69) is 34.0 Å². The van der Waals surface area contributed by atoms with Gasteiger partial charge < -0.3 is 15.0 Å². The van der Waals surface area contributed by atoms with Crippen molar-refractivity contribution in [1.29, 1.82) is 0 Å². The number of aryl methyl sites for hydroxylation is 1. The minimum absolute atomic E-state index is 0.606. The van der Waals surface area contributed by atoms with Gasteiger partial charge in [0, 0.05) is 50.1 Å². The molecular formula is C15H26N4O. The monoisotopic (exact) mass is 278 g/mol. The molecular weight excluding hydrogens is 252 g/mol. The number of nitrogens with one attached hydrogen (secondary N) is 1. The van der Waals surface area contributed by atoms with Crippen LogP contribution in [0.3, 0.4) is 0 Å². The normalized spacial score (nSPS) is 18.8. The number of hydrogen-bond acceptors (Lipinski definition) is 5. The minimum Gasteiger partial charge on any atom is -0.384 e. The van der Waals surface area contributed by atoms with E-state index in [0.717, 1.165) is 57.3 Å². The number of nitrogens with zero attached hydrogens (tertiary/aromatic N) is 3. The van der Waals surface area contributed by atoms with E-state index >= 15 is 0 Å². The first-order chi connectivity index (χ1) is 9.74. The van der Waals surface area contributed by atoms with Crippen molar-refractivity contribution in [3.8, 4) is 0 Å². The van der Waals surface area contributed by atoms with E-state index in [1.54, 1.807) is 7.11 Å². The zero-order valence-corrected chi connectivity index (χ0v) is 12.9. The van der Waals surface area contributed by atoms with E-state index in [0.29, 0.717) is 5.92 Å². The Morgan fingerprint density at radius 2 is 2.35 bits per heavy atom. The van der Waals surface area contributed by atoms with Crippen molar-refractivity contribution in [2.45, 2.75) is 33.2 Å². The Morgan fingerprint density at radius 3 is 3.05 bits per heavy atom. The van der Waals surface area contributed by atoms with Crippen LogP contribution in [-0.4, -0.2) is 43.3 Å². The van der Waals surface area contributed by atoms with E-state index in [9.17, 15) is 0 Å². The molecule has 0 bridgehead atoms. The minimum atomic E-state index is 0.606. The molecule has 1 aromatic heterocycles. The molecule has 1 aliphatic heterocycles. The highest BCUT2D eigenvalue weighted by Crippen LogP contribution is 2.21. The predicted molar refractivity (Wildman–Crippen MR) is 81.0 cm³/mol. The predicted octanol–water partition coefficient (Wildman–Crippen LogP) is 1.76. The van der Waals surface area contributed by atoms with Crippen LogP contribution < -0.4 is 10.2 Å². The van der Waals surface area contributed by atoms with E-state index in [4.69, 9.17) is 4.74 Å². The SMILES string of the molecule is CCCNCc1cnc(N2CCC(COC)C2)nc1C. The van der Waals surface area contributed by atoms with Gasteiger partial charge in [-0.2, -0.15) is 0 Å². The molecule has 0 aliphatic carbocycles. The highest BCUT2D eigenvalue weighted by Gasteiger charge is 2.24.